The number of rotatable bonds is 5. The average Bonchev–Trinajstić information content (AvgIpc) is 3.31. The highest BCUT2D eigenvalue weighted by molar-refractivity contribution is 5.84. The number of hydrogen-bond acceptors (Lipinski definition) is 7. The molecule has 9 nitrogen and oxygen atoms in total. The standard InChI is InChI=1S/C29H30F4N6O3/c1-28(2,3)42-27(40)38-13-5-6-18(16-38)35-26-34-12-11-24(37-26)39-23-15-19(41-4)8-10-22(23)36-25(39)17-7-9-21(30)20(14-17)29(31,32)33/h7-12,14-15,18H,5-6,13,16H2,1-4H3,(H,34,35,37). The van der Waals surface area contributed by atoms with E-state index in [9.17, 15) is 22.4 Å². The number of alkyl halides is 3. The van der Waals surface area contributed by atoms with Gasteiger partial charge in [-0.1, -0.05) is 0 Å². The first-order valence-electron chi connectivity index (χ1n) is 13.3. The number of nitrogens with one attached hydrogen (secondary N) is 1. The fourth-order valence-corrected chi connectivity index (χ4v) is 4.80. The Morgan fingerprint density at radius 2 is 1.86 bits per heavy atom. The second kappa shape index (κ2) is 11.1. The van der Waals surface area contributed by atoms with Crippen LogP contribution in [0.5, 0.6) is 5.75 Å². The van der Waals surface area contributed by atoms with Crippen LogP contribution < -0.4 is 10.1 Å². The molecular weight excluding hydrogens is 556 g/mol. The Bertz CT molecular complexity index is 1620. The number of ether oxygens (including phenoxy) is 2. The molecule has 0 saturated carbocycles. The van der Waals surface area contributed by atoms with Gasteiger partial charge in [-0.3, -0.25) is 4.57 Å². The zero-order chi connectivity index (χ0) is 30.2. The van der Waals surface area contributed by atoms with E-state index in [1.54, 1.807) is 33.7 Å². The maximum absolute atomic E-state index is 14.1. The number of benzene rings is 2. The van der Waals surface area contributed by atoms with Crippen LogP contribution in [0.4, 0.5) is 28.3 Å². The fraction of sp³-hybridized carbons (Fsp3) is 0.379. The van der Waals surface area contributed by atoms with Crippen molar-refractivity contribution in [2.45, 2.75) is 51.4 Å². The number of likely N-dealkylation sites (tertiary alicyclic amines) is 1. The van der Waals surface area contributed by atoms with Crippen LogP contribution in [0, 0.1) is 5.82 Å². The average molecular weight is 587 g/mol. The highest BCUT2D eigenvalue weighted by Crippen LogP contribution is 2.36. The van der Waals surface area contributed by atoms with Crippen LogP contribution in [0.1, 0.15) is 39.2 Å². The Balaban J connectivity index is 1.52. The second-order valence-electron chi connectivity index (χ2n) is 11.0. The highest BCUT2D eigenvalue weighted by Gasteiger charge is 2.35. The molecule has 222 valence electrons. The lowest BCUT2D eigenvalue weighted by Crippen LogP contribution is -2.47. The smallest absolute Gasteiger partial charge is 0.419 e. The van der Waals surface area contributed by atoms with Crippen molar-refractivity contribution in [3.8, 4) is 23.0 Å². The molecule has 2 aromatic carbocycles. The molecule has 1 unspecified atom stereocenters. The maximum atomic E-state index is 14.1. The molecule has 4 aromatic rings. The van der Waals surface area contributed by atoms with Crippen molar-refractivity contribution in [3.63, 3.8) is 0 Å². The molecule has 1 N–H and O–H groups in total. The summed E-state index contributed by atoms with van der Waals surface area (Å²) in [6.07, 6.45) is -2.26. The third kappa shape index (κ3) is 6.24. The van der Waals surface area contributed by atoms with Crippen LogP contribution in [0.2, 0.25) is 0 Å². The van der Waals surface area contributed by atoms with Gasteiger partial charge in [-0.25, -0.2) is 19.2 Å². The molecule has 3 heterocycles. The third-order valence-electron chi connectivity index (χ3n) is 6.67. The summed E-state index contributed by atoms with van der Waals surface area (Å²) in [6.45, 7) is 6.38. The van der Waals surface area contributed by atoms with E-state index in [1.807, 2.05) is 20.8 Å². The Labute approximate surface area is 239 Å². The van der Waals surface area contributed by atoms with Crippen LogP contribution in [-0.4, -0.2) is 62.4 Å². The number of aromatic nitrogens is 4. The third-order valence-corrected chi connectivity index (χ3v) is 6.67. The number of carbonyl (C=O) groups excluding carboxylic acids is 1. The topological polar surface area (TPSA) is 94.4 Å². The van der Waals surface area contributed by atoms with Gasteiger partial charge in [-0.05, 0) is 70.0 Å². The van der Waals surface area contributed by atoms with E-state index >= 15 is 0 Å². The van der Waals surface area contributed by atoms with Crippen molar-refractivity contribution >= 4 is 23.1 Å². The number of carbonyl (C=O) groups is 1. The summed E-state index contributed by atoms with van der Waals surface area (Å²) >= 11 is 0. The van der Waals surface area contributed by atoms with Gasteiger partial charge in [0.15, 0.2) is 0 Å². The Hall–Kier alpha value is -4.42. The van der Waals surface area contributed by atoms with Crippen LogP contribution in [0.15, 0.2) is 48.7 Å². The van der Waals surface area contributed by atoms with Gasteiger partial charge in [0, 0.05) is 37.0 Å². The molecule has 1 aliphatic rings. The summed E-state index contributed by atoms with van der Waals surface area (Å²) in [6, 6.07) is 9.23. The monoisotopic (exact) mass is 586 g/mol. The minimum Gasteiger partial charge on any atom is -0.497 e. The quantitative estimate of drug-likeness (QED) is 0.268. The van der Waals surface area contributed by atoms with Crippen molar-refractivity contribution in [1.29, 1.82) is 0 Å². The first-order chi connectivity index (χ1) is 19.8. The number of fused-ring (bicyclic) bond motifs is 1. The molecule has 1 saturated heterocycles. The summed E-state index contributed by atoms with van der Waals surface area (Å²) in [4.78, 5) is 27.8. The van der Waals surface area contributed by atoms with E-state index in [1.165, 1.54) is 19.4 Å². The second-order valence-corrected chi connectivity index (χ2v) is 11.0. The lowest BCUT2D eigenvalue weighted by molar-refractivity contribution is -0.139. The molecule has 0 radical (unpaired) electrons. The predicted octanol–water partition coefficient (Wildman–Crippen LogP) is 6.46. The molecule has 1 atom stereocenters. The Morgan fingerprint density at radius 3 is 2.57 bits per heavy atom. The molecule has 5 rings (SSSR count). The number of nitrogens with zero attached hydrogens (tertiary/aromatic N) is 5. The first-order valence-corrected chi connectivity index (χ1v) is 13.3. The number of anilines is 1. The van der Waals surface area contributed by atoms with Crippen molar-refractivity contribution in [2.75, 3.05) is 25.5 Å². The molecule has 1 amide bonds. The van der Waals surface area contributed by atoms with Crippen molar-refractivity contribution in [2.24, 2.45) is 0 Å². The molecule has 0 bridgehead atoms. The van der Waals surface area contributed by atoms with Crippen LogP contribution in [0.3, 0.4) is 0 Å². The van der Waals surface area contributed by atoms with E-state index in [0.29, 0.717) is 35.7 Å². The largest absolute Gasteiger partial charge is 0.497 e. The number of imidazole rings is 1. The van der Waals surface area contributed by atoms with E-state index < -0.39 is 29.3 Å². The van der Waals surface area contributed by atoms with Gasteiger partial charge in [-0.2, -0.15) is 18.2 Å². The minimum absolute atomic E-state index is 0.0484. The predicted molar refractivity (Wildman–Crippen MR) is 148 cm³/mol. The normalized spacial score (nSPS) is 16.0. The molecular formula is C29H30F4N6O3. The Kier molecular flexibility index (Phi) is 7.69. The van der Waals surface area contributed by atoms with Crippen LogP contribution in [-0.2, 0) is 10.9 Å². The molecule has 13 heteroatoms. The molecule has 0 spiro atoms. The van der Waals surface area contributed by atoms with Crippen molar-refractivity contribution in [1.82, 2.24) is 24.4 Å². The number of piperidine rings is 1. The highest BCUT2D eigenvalue weighted by atomic mass is 19.4. The van der Waals surface area contributed by atoms with Crippen molar-refractivity contribution in [3.05, 3.63) is 60.0 Å². The fourth-order valence-electron chi connectivity index (χ4n) is 4.80. The van der Waals surface area contributed by atoms with Gasteiger partial charge in [0.25, 0.3) is 0 Å². The number of methoxy groups -OCH3 is 1. The van der Waals surface area contributed by atoms with Gasteiger partial charge in [0.05, 0.1) is 23.7 Å². The summed E-state index contributed by atoms with van der Waals surface area (Å²) in [7, 11) is 1.50. The van der Waals surface area contributed by atoms with Crippen LogP contribution in [0.25, 0.3) is 28.2 Å². The van der Waals surface area contributed by atoms with E-state index in [4.69, 9.17) is 9.47 Å². The summed E-state index contributed by atoms with van der Waals surface area (Å²) in [5.41, 5.74) is -0.980. The SMILES string of the molecule is COc1ccc2nc(-c3ccc(F)c(C(F)(F)F)c3)n(-c3ccnc(NC4CCCN(C(=O)OC(C)(C)C)C4)n3)c2c1. The zero-order valence-corrected chi connectivity index (χ0v) is 23.5. The van der Waals surface area contributed by atoms with Crippen LogP contribution >= 0.6 is 0 Å². The van der Waals surface area contributed by atoms with Gasteiger partial charge in [0.1, 0.15) is 28.8 Å². The molecule has 1 aliphatic heterocycles. The lowest BCUT2D eigenvalue weighted by Gasteiger charge is -2.34. The minimum atomic E-state index is -4.89. The first kappa shape index (κ1) is 29.1. The summed E-state index contributed by atoms with van der Waals surface area (Å²) in [5, 5.41) is 3.27. The number of halogens is 4. The van der Waals surface area contributed by atoms with E-state index in [2.05, 4.69) is 20.3 Å². The van der Waals surface area contributed by atoms with Crippen molar-refractivity contribution < 1.29 is 31.8 Å². The zero-order valence-electron chi connectivity index (χ0n) is 23.5. The molecule has 42 heavy (non-hydrogen) atoms. The van der Waals surface area contributed by atoms with E-state index in [-0.39, 0.29) is 23.4 Å². The van der Waals surface area contributed by atoms with Gasteiger partial charge >= 0.3 is 12.3 Å². The lowest BCUT2D eigenvalue weighted by atomic mass is 10.1. The van der Waals surface area contributed by atoms with Gasteiger partial charge in [0.2, 0.25) is 5.95 Å². The molecule has 0 aliphatic carbocycles. The van der Waals surface area contributed by atoms with Gasteiger partial charge < -0.3 is 19.7 Å². The molecule has 2 aromatic heterocycles. The number of amides is 1. The maximum Gasteiger partial charge on any atom is 0.419 e. The Morgan fingerprint density at radius 1 is 1.07 bits per heavy atom. The molecule has 1 fully saturated rings. The number of hydrogen-bond donors (Lipinski definition) is 1. The summed E-state index contributed by atoms with van der Waals surface area (Å²) in [5.74, 6) is -0.174. The summed E-state index contributed by atoms with van der Waals surface area (Å²) < 4.78 is 67.2. The van der Waals surface area contributed by atoms with Gasteiger partial charge in [-0.15, -0.1) is 0 Å². The van der Waals surface area contributed by atoms with E-state index in [0.717, 1.165) is 25.0 Å².